The second kappa shape index (κ2) is 20.8. The minimum Gasteiger partial charge on any atom is -0.480 e. The molecule has 0 aromatic rings. The summed E-state index contributed by atoms with van der Waals surface area (Å²) in [6, 6.07) is -0.157. The summed E-state index contributed by atoms with van der Waals surface area (Å²) in [5.41, 5.74) is 6.37. The molecule has 3 atom stereocenters. The summed E-state index contributed by atoms with van der Waals surface area (Å²) in [5.74, 6) is 1.25. The maximum absolute atomic E-state index is 12.2. The van der Waals surface area contributed by atoms with Crippen molar-refractivity contribution < 1.29 is 19.5 Å². The molecule has 8 nitrogen and oxygen atoms in total. The van der Waals surface area contributed by atoms with Crippen LogP contribution in [0.1, 0.15) is 92.4 Å². The summed E-state index contributed by atoms with van der Waals surface area (Å²) < 4.78 is 0. The van der Waals surface area contributed by atoms with Gasteiger partial charge in [0.05, 0.1) is 6.07 Å². The molecule has 0 aliphatic heterocycles. The van der Waals surface area contributed by atoms with Gasteiger partial charge >= 0.3 is 12.0 Å². The van der Waals surface area contributed by atoms with Crippen LogP contribution in [0.4, 0.5) is 4.79 Å². The molecule has 3 amide bonds. The van der Waals surface area contributed by atoms with Crippen LogP contribution in [0.5, 0.6) is 0 Å². The van der Waals surface area contributed by atoms with E-state index in [1.54, 1.807) is 6.07 Å². The van der Waals surface area contributed by atoms with Gasteiger partial charge in [-0.2, -0.15) is 17.0 Å². The monoisotopic (exact) mass is 538 g/mol. The molecule has 0 radical (unpaired) electrons. The van der Waals surface area contributed by atoms with Crippen molar-refractivity contribution in [1.82, 2.24) is 10.2 Å². The highest BCUT2D eigenvalue weighted by Gasteiger charge is 2.23. The van der Waals surface area contributed by atoms with E-state index in [2.05, 4.69) is 46.0 Å². The van der Waals surface area contributed by atoms with E-state index in [4.69, 9.17) is 11.0 Å². The second-order valence-electron chi connectivity index (χ2n) is 10.8. The van der Waals surface area contributed by atoms with Crippen molar-refractivity contribution >= 4 is 29.7 Å². The highest BCUT2D eigenvalue weighted by molar-refractivity contribution is 7.99. The molecule has 0 aliphatic rings. The number of urea groups is 1. The Kier molecular flexibility index (Phi) is 19.6. The molecule has 0 aromatic heterocycles. The zero-order valence-corrected chi connectivity index (χ0v) is 24.4. The van der Waals surface area contributed by atoms with E-state index in [0.717, 1.165) is 35.5 Å². The fourth-order valence-corrected chi connectivity index (χ4v) is 5.08. The summed E-state index contributed by atoms with van der Waals surface area (Å²) in [7, 11) is 0. The smallest absolute Gasteiger partial charge is 0.327 e. The maximum Gasteiger partial charge on any atom is 0.327 e. The molecule has 37 heavy (non-hydrogen) atoms. The van der Waals surface area contributed by atoms with E-state index in [9.17, 15) is 19.5 Å². The molecule has 0 rings (SSSR count). The summed E-state index contributed by atoms with van der Waals surface area (Å²) in [6.45, 7) is 10.6. The van der Waals surface area contributed by atoms with Crippen molar-refractivity contribution in [1.29, 1.82) is 5.26 Å². The van der Waals surface area contributed by atoms with Crippen molar-refractivity contribution in [2.45, 2.75) is 98.4 Å². The van der Waals surface area contributed by atoms with E-state index in [1.807, 2.05) is 0 Å². The Morgan fingerprint density at radius 1 is 1.03 bits per heavy atom. The van der Waals surface area contributed by atoms with Crippen LogP contribution in [0.25, 0.3) is 0 Å². The number of nitriles is 1. The molecule has 212 valence electrons. The van der Waals surface area contributed by atoms with Gasteiger partial charge in [0.25, 0.3) is 0 Å². The third-order valence-corrected chi connectivity index (χ3v) is 7.44. The fraction of sp³-hybridized carbons (Fsp3) is 0.786. The average molecular weight is 539 g/mol. The number of carboxylic acid groups (broad SMARTS) is 1. The average Bonchev–Trinajstić information content (AvgIpc) is 2.79. The van der Waals surface area contributed by atoms with Crippen molar-refractivity contribution in [3.05, 3.63) is 11.6 Å². The van der Waals surface area contributed by atoms with E-state index in [0.29, 0.717) is 5.75 Å². The number of nitrogens with zero attached hydrogens (tertiary/aromatic N) is 2. The van der Waals surface area contributed by atoms with Crippen LogP contribution >= 0.6 is 11.8 Å². The van der Waals surface area contributed by atoms with Crippen LogP contribution in [-0.4, -0.2) is 58.6 Å². The third-order valence-electron chi connectivity index (χ3n) is 6.47. The Labute approximate surface area is 228 Å². The SMILES string of the molecule is C/C(=C\CSC[C@H](NC(=O)N(CC#N)CC(N)=O)C(=O)O)CCCC(C)CCCC(C)CCCC(C)C. The second-order valence-corrected chi connectivity index (χ2v) is 11.8. The lowest BCUT2D eigenvalue weighted by molar-refractivity contribution is -0.138. The van der Waals surface area contributed by atoms with Gasteiger partial charge in [0.15, 0.2) is 0 Å². The largest absolute Gasteiger partial charge is 0.480 e. The molecular formula is C28H50N4O4S. The third kappa shape index (κ3) is 19.6. The number of carbonyl (C=O) groups is 3. The van der Waals surface area contributed by atoms with Gasteiger partial charge in [0.2, 0.25) is 5.91 Å². The zero-order valence-electron chi connectivity index (χ0n) is 23.6. The fourth-order valence-electron chi connectivity index (χ4n) is 4.08. The summed E-state index contributed by atoms with van der Waals surface area (Å²) in [6.07, 6.45) is 13.5. The number of hydrogen-bond donors (Lipinski definition) is 3. The highest BCUT2D eigenvalue weighted by Crippen LogP contribution is 2.22. The lowest BCUT2D eigenvalue weighted by Crippen LogP contribution is -2.51. The molecule has 4 N–H and O–H groups in total. The zero-order chi connectivity index (χ0) is 28.2. The van der Waals surface area contributed by atoms with Gasteiger partial charge in [-0.3, -0.25) is 4.79 Å². The predicted molar refractivity (Wildman–Crippen MR) is 152 cm³/mol. The van der Waals surface area contributed by atoms with Crippen LogP contribution in [0, 0.1) is 29.1 Å². The molecule has 0 bridgehead atoms. The van der Waals surface area contributed by atoms with Crippen LogP contribution in [-0.2, 0) is 9.59 Å². The van der Waals surface area contributed by atoms with Crippen LogP contribution in [0.15, 0.2) is 11.6 Å². The van der Waals surface area contributed by atoms with E-state index >= 15 is 0 Å². The molecule has 0 aromatic carbocycles. The Morgan fingerprint density at radius 2 is 1.59 bits per heavy atom. The van der Waals surface area contributed by atoms with Gasteiger partial charge in [-0.1, -0.05) is 84.3 Å². The Bertz CT molecular complexity index is 751. The van der Waals surface area contributed by atoms with Crippen LogP contribution in [0.3, 0.4) is 0 Å². The minimum atomic E-state index is -1.17. The summed E-state index contributed by atoms with van der Waals surface area (Å²) in [5, 5.41) is 20.6. The molecule has 0 heterocycles. The standard InChI is InChI=1S/C28H50N4O4S/c1-21(2)9-6-10-22(3)11-7-12-23(4)13-8-14-24(5)15-18-37-20-25(27(34)35)31-28(36)32(17-16-29)19-26(30)33/h15,21-23,25H,6-14,17-20H2,1-5H3,(H2,30,33)(H,31,36)(H,34,35)/b24-15+/t22?,23?,25-/m0/s1. The number of allylic oxidation sites excluding steroid dienone is 1. The normalized spacial score (nSPS) is 14.0. The number of nitrogens with two attached hydrogens (primary N) is 1. The Morgan fingerprint density at radius 3 is 2.11 bits per heavy atom. The number of thioether (sulfide) groups is 1. The minimum absolute atomic E-state index is 0.175. The number of primary amides is 1. The number of hydrogen-bond acceptors (Lipinski definition) is 5. The van der Waals surface area contributed by atoms with E-state index in [1.165, 1.54) is 62.3 Å². The van der Waals surface area contributed by atoms with Gasteiger partial charge in [-0.25, -0.2) is 9.59 Å². The van der Waals surface area contributed by atoms with Crippen molar-refractivity contribution in [3.8, 4) is 6.07 Å². The van der Waals surface area contributed by atoms with E-state index in [-0.39, 0.29) is 12.3 Å². The first kappa shape index (κ1) is 34.8. The number of nitrogens with one attached hydrogen (secondary N) is 1. The Balaban J connectivity index is 4.22. The van der Waals surface area contributed by atoms with Gasteiger partial charge in [-0.15, -0.1) is 0 Å². The molecule has 0 saturated heterocycles. The number of carbonyl (C=O) groups excluding carboxylic acids is 2. The molecule has 0 spiro atoms. The maximum atomic E-state index is 12.2. The molecule has 0 aliphatic carbocycles. The quantitative estimate of drug-likeness (QED) is 0.0991. The molecule has 2 unspecified atom stereocenters. The van der Waals surface area contributed by atoms with E-state index < -0.39 is 30.5 Å². The van der Waals surface area contributed by atoms with Crippen molar-refractivity contribution in [3.63, 3.8) is 0 Å². The van der Waals surface area contributed by atoms with Gasteiger partial charge < -0.3 is 21.1 Å². The van der Waals surface area contributed by atoms with Gasteiger partial charge in [-0.05, 0) is 37.5 Å². The lowest BCUT2D eigenvalue weighted by Gasteiger charge is -2.21. The molecule has 9 heteroatoms. The molecule has 0 fully saturated rings. The van der Waals surface area contributed by atoms with Gasteiger partial charge in [0.1, 0.15) is 19.1 Å². The van der Waals surface area contributed by atoms with Crippen LogP contribution in [0.2, 0.25) is 0 Å². The molecular weight excluding hydrogens is 488 g/mol. The topological polar surface area (TPSA) is 137 Å². The molecule has 0 saturated carbocycles. The number of aliphatic carboxylic acids is 1. The summed E-state index contributed by atoms with van der Waals surface area (Å²) >= 11 is 1.41. The van der Waals surface area contributed by atoms with Crippen molar-refractivity contribution in [2.75, 3.05) is 24.6 Å². The Hall–Kier alpha value is -2.21. The highest BCUT2D eigenvalue weighted by atomic mass is 32.2. The first-order chi connectivity index (χ1) is 17.5. The van der Waals surface area contributed by atoms with Crippen molar-refractivity contribution in [2.24, 2.45) is 23.5 Å². The first-order valence-electron chi connectivity index (χ1n) is 13.6. The number of rotatable bonds is 21. The summed E-state index contributed by atoms with van der Waals surface area (Å²) in [4.78, 5) is 35.7. The predicted octanol–water partition coefficient (Wildman–Crippen LogP) is 5.58. The lowest BCUT2D eigenvalue weighted by atomic mass is 9.91. The number of carboxylic acids is 1. The van der Waals surface area contributed by atoms with Crippen LogP contribution < -0.4 is 11.1 Å². The van der Waals surface area contributed by atoms with Gasteiger partial charge in [0, 0.05) is 11.5 Å². The number of amides is 3. The first-order valence-corrected chi connectivity index (χ1v) is 14.8.